The van der Waals surface area contributed by atoms with E-state index in [2.05, 4.69) is 5.32 Å². The highest BCUT2D eigenvalue weighted by molar-refractivity contribution is 6.01. The molecule has 0 atom stereocenters. The number of carbonyl (C=O) groups is 2. The first-order valence-corrected chi connectivity index (χ1v) is 7.25. The Morgan fingerprint density at radius 2 is 1.82 bits per heavy atom. The van der Waals surface area contributed by atoms with Crippen molar-refractivity contribution in [3.63, 3.8) is 0 Å². The average Bonchev–Trinajstić information content (AvgIpc) is 3.00. The summed E-state index contributed by atoms with van der Waals surface area (Å²) in [4.78, 5) is 23.3. The van der Waals surface area contributed by atoms with Crippen molar-refractivity contribution >= 4 is 11.9 Å². The molecular formula is C16H16NO5-. The van der Waals surface area contributed by atoms with Gasteiger partial charge in [0.25, 0.3) is 0 Å². The summed E-state index contributed by atoms with van der Waals surface area (Å²) >= 11 is 0. The van der Waals surface area contributed by atoms with Crippen LogP contribution in [0.5, 0.6) is 11.5 Å². The van der Waals surface area contributed by atoms with Crippen LogP contribution in [0.4, 0.5) is 0 Å². The van der Waals surface area contributed by atoms with Crippen molar-refractivity contribution in [2.45, 2.75) is 32.2 Å². The van der Waals surface area contributed by atoms with E-state index in [1.807, 2.05) is 6.07 Å². The molecular weight excluding hydrogens is 286 g/mol. The van der Waals surface area contributed by atoms with E-state index in [1.54, 1.807) is 12.1 Å². The molecule has 0 radical (unpaired) electrons. The number of carbonyl (C=O) groups excluding carboxylic acids is 2. The second-order valence-electron chi connectivity index (χ2n) is 5.32. The molecule has 22 heavy (non-hydrogen) atoms. The molecule has 3 rings (SSSR count). The molecule has 0 saturated heterocycles. The predicted molar refractivity (Wildman–Crippen MR) is 74.9 cm³/mol. The maximum atomic E-state index is 12.2. The molecule has 1 aliphatic carbocycles. The molecule has 1 aromatic carbocycles. The molecule has 0 saturated carbocycles. The Morgan fingerprint density at radius 1 is 1.09 bits per heavy atom. The molecule has 0 aromatic heterocycles. The lowest BCUT2D eigenvalue weighted by atomic mass is 9.91. The van der Waals surface area contributed by atoms with Crippen molar-refractivity contribution in [3.8, 4) is 11.5 Å². The zero-order valence-electron chi connectivity index (χ0n) is 12.0. The van der Waals surface area contributed by atoms with Crippen molar-refractivity contribution in [1.29, 1.82) is 0 Å². The Balaban J connectivity index is 1.68. The van der Waals surface area contributed by atoms with Crippen LogP contribution in [0.15, 0.2) is 29.3 Å². The van der Waals surface area contributed by atoms with Gasteiger partial charge in [0, 0.05) is 12.1 Å². The Labute approximate surface area is 127 Å². The quantitative estimate of drug-likeness (QED) is 0.882. The van der Waals surface area contributed by atoms with Gasteiger partial charge in [-0.1, -0.05) is 6.07 Å². The number of carboxylic acid groups (broad SMARTS) is 1. The highest BCUT2D eigenvalue weighted by Crippen LogP contribution is 2.32. The van der Waals surface area contributed by atoms with E-state index in [0.29, 0.717) is 36.5 Å². The molecule has 1 amide bonds. The topological polar surface area (TPSA) is 87.7 Å². The fourth-order valence-electron chi connectivity index (χ4n) is 2.72. The van der Waals surface area contributed by atoms with Gasteiger partial charge in [0.05, 0.1) is 5.97 Å². The van der Waals surface area contributed by atoms with Crippen molar-refractivity contribution in [3.05, 3.63) is 34.9 Å². The van der Waals surface area contributed by atoms with E-state index < -0.39 is 5.97 Å². The van der Waals surface area contributed by atoms with E-state index in [4.69, 9.17) is 9.47 Å². The minimum absolute atomic E-state index is 0.134. The van der Waals surface area contributed by atoms with Gasteiger partial charge in [0.2, 0.25) is 12.7 Å². The number of carboxylic acids is 1. The third kappa shape index (κ3) is 2.90. The van der Waals surface area contributed by atoms with Crippen LogP contribution in [0.3, 0.4) is 0 Å². The van der Waals surface area contributed by atoms with Crippen LogP contribution in [0.1, 0.15) is 31.2 Å². The van der Waals surface area contributed by atoms with Gasteiger partial charge in [0.15, 0.2) is 11.5 Å². The van der Waals surface area contributed by atoms with Crippen molar-refractivity contribution in [2.24, 2.45) is 0 Å². The number of benzene rings is 1. The van der Waals surface area contributed by atoms with Crippen molar-refractivity contribution < 1.29 is 24.2 Å². The van der Waals surface area contributed by atoms with Crippen LogP contribution >= 0.6 is 0 Å². The largest absolute Gasteiger partial charge is 0.545 e. The van der Waals surface area contributed by atoms with Gasteiger partial charge in [-0.15, -0.1) is 0 Å². The summed E-state index contributed by atoms with van der Waals surface area (Å²) < 4.78 is 10.5. The number of ether oxygens (including phenoxy) is 2. The van der Waals surface area contributed by atoms with Crippen molar-refractivity contribution in [2.75, 3.05) is 6.79 Å². The SMILES string of the molecule is O=C([O-])C1=C(C(=O)NCc2ccc3c(c2)OCO3)CCCC1. The Morgan fingerprint density at radius 3 is 2.59 bits per heavy atom. The maximum absolute atomic E-state index is 12.2. The van der Waals surface area contributed by atoms with Gasteiger partial charge in [-0.3, -0.25) is 4.79 Å². The van der Waals surface area contributed by atoms with Gasteiger partial charge in [-0.2, -0.15) is 0 Å². The number of hydrogen-bond donors (Lipinski definition) is 1. The molecule has 6 nitrogen and oxygen atoms in total. The summed E-state index contributed by atoms with van der Waals surface area (Å²) in [7, 11) is 0. The van der Waals surface area contributed by atoms with E-state index in [0.717, 1.165) is 18.4 Å². The maximum Gasteiger partial charge on any atom is 0.247 e. The molecule has 2 aliphatic rings. The zero-order chi connectivity index (χ0) is 15.5. The minimum Gasteiger partial charge on any atom is -0.545 e. The van der Waals surface area contributed by atoms with Crippen LogP contribution in [-0.4, -0.2) is 18.7 Å². The monoisotopic (exact) mass is 302 g/mol. The summed E-state index contributed by atoms with van der Waals surface area (Å²) in [5.74, 6) is -0.243. The molecule has 1 aromatic rings. The lowest BCUT2D eigenvalue weighted by Gasteiger charge is -2.20. The number of hydrogen-bond acceptors (Lipinski definition) is 5. The van der Waals surface area contributed by atoms with E-state index in [1.165, 1.54) is 0 Å². The third-order valence-electron chi connectivity index (χ3n) is 3.88. The van der Waals surface area contributed by atoms with Gasteiger partial charge in [0.1, 0.15) is 0 Å². The van der Waals surface area contributed by atoms with Gasteiger partial charge in [-0.05, 0) is 49.0 Å². The Bertz CT molecular complexity index is 650. The summed E-state index contributed by atoms with van der Waals surface area (Å²) in [5, 5.41) is 13.9. The lowest BCUT2D eigenvalue weighted by Crippen LogP contribution is -2.32. The van der Waals surface area contributed by atoms with Gasteiger partial charge >= 0.3 is 0 Å². The standard InChI is InChI=1S/C16H17NO5/c18-15(11-3-1-2-4-12(11)16(19)20)17-8-10-5-6-13-14(7-10)22-9-21-13/h5-7H,1-4,8-9H2,(H,17,18)(H,19,20)/p-1. The molecule has 0 fully saturated rings. The second kappa shape index (κ2) is 6.09. The minimum atomic E-state index is -1.24. The molecule has 1 aliphatic heterocycles. The zero-order valence-corrected chi connectivity index (χ0v) is 12.0. The molecule has 0 bridgehead atoms. The fraction of sp³-hybridized carbons (Fsp3) is 0.375. The van der Waals surface area contributed by atoms with Crippen LogP contribution < -0.4 is 19.9 Å². The lowest BCUT2D eigenvalue weighted by molar-refractivity contribution is -0.299. The van der Waals surface area contributed by atoms with E-state index >= 15 is 0 Å². The summed E-state index contributed by atoms with van der Waals surface area (Å²) in [6, 6.07) is 5.43. The third-order valence-corrected chi connectivity index (χ3v) is 3.88. The van der Waals surface area contributed by atoms with Gasteiger partial charge in [-0.25, -0.2) is 0 Å². The smallest absolute Gasteiger partial charge is 0.247 e. The summed E-state index contributed by atoms with van der Waals surface area (Å²) in [6.07, 6.45) is 2.48. The molecule has 1 N–H and O–H groups in total. The first-order chi connectivity index (χ1) is 10.6. The number of amides is 1. The molecule has 0 spiro atoms. The normalized spacial score (nSPS) is 16.5. The number of aliphatic carboxylic acids is 1. The second-order valence-corrected chi connectivity index (χ2v) is 5.32. The summed E-state index contributed by atoms with van der Waals surface area (Å²) in [5.41, 5.74) is 1.34. The molecule has 0 unspecified atom stereocenters. The fourth-order valence-corrected chi connectivity index (χ4v) is 2.72. The van der Waals surface area contributed by atoms with Crippen LogP contribution in [0, 0.1) is 0 Å². The number of rotatable bonds is 4. The van der Waals surface area contributed by atoms with Crippen molar-refractivity contribution in [1.82, 2.24) is 5.32 Å². The average molecular weight is 302 g/mol. The highest BCUT2D eigenvalue weighted by atomic mass is 16.7. The molecule has 6 heteroatoms. The van der Waals surface area contributed by atoms with Gasteiger partial charge < -0.3 is 24.7 Å². The van der Waals surface area contributed by atoms with E-state index in [-0.39, 0.29) is 18.3 Å². The Hall–Kier alpha value is -2.50. The highest BCUT2D eigenvalue weighted by Gasteiger charge is 2.20. The number of fused-ring (bicyclic) bond motifs is 1. The predicted octanol–water partition coefficient (Wildman–Crippen LogP) is 0.652. The number of nitrogens with one attached hydrogen (secondary N) is 1. The van der Waals surface area contributed by atoms with Crippen LogP contribution in [-0.2, 0) is 16.1 Å². The molecule has 1 heterocycles. The first-order valence-electron chi connectivity index (χ1n) is 7.25. The molecule has 116 valence electrons. The summed E-state index contributed by atoms with van der Waals surface area (Å²) in [6.45, 7) is 0.506. The van der Waals surface area contributed by atoms with E-state index in [9.17, 15) is 14.7 Å². The van der Waals surface area contributed by atoms with Crippen LogP contribution in [0.2, 0.25) is 0 Å². The first kappa shape index (κ1) is 14.4. The Kier molecular flexibility index (Phi) is 4.00. The van der Waals surface area contributed by atoms with Crippen LogP contribution in [0.25, 0.3) is 0 Å².